The maximum atomic E-state index is 12.9. The highest BCUT2D eigenvalue weighted by atomic mass is 79.9. The summed E-state index contributed by atoms with van der Waals surface area (Å²) in [6.45, 7) is 3.18. The molecule has 4 heteroatoms. The minimum absolute atomic E-state index is 0.209. The monoisotopic (exact) mass is 286 g/mol. The van der Waals surface area contributed by atoms with Gasteiger partial charge < -0.3 is 10.6 Å². The minimum atomic E-state index is -0.209. The second-order valence-corrected chi connectivity index (χ2v) is 5.05. The van der Waals surface area contributed by atoms with Gasteiger partial charge >= 0.3 is 0 Å². The van der Waals surface area contributed by atoms with E-state index in [-0.39, 0.29) is 5.82 Å². The Hall–Kier alpha value is -0.610. The van der Waals surface area contributed by atoms with Gasteiger partial charge in [0.05, 0.1) is 0 Å². The molecule has 1 heterocycles. The molecule has 0 amide bonds. The van der Waals surface area contributed by atoms with Gasteiger partial charge in [-0.25, -0.2) is 4.39 Å². The summed E-state index contributed by atoms with van der Waals surface area (Å²) < 4.78 is 13.7. The molecule has 1 aromatic carbocycles. The first-order valence-electron chi connectivity index (χ1n) is 5.65. The summed E-state index contributed by atoms with van der Waals surface area (Å²) in [6, 6.07) is 4.75. The van der Waals surface area contributed by atoms with Crippen LogP contribution in [0, 0.1) is 11.7 Å². The third kappa shape index (κ3) is 3.19. The molecular formula is C12H16BrFN2. The first-order chi connectivity index (χ1) is 7.75. The molecule has 1 aliphatic heterocycles. The second kappa shape index (κ2) is 5.64. The van der Waals surface area contributed by atoms with Crippen molar-refractivity contribution >= 4 is 21.6 Å². The van der Waals surface area contributed by atoms with Gasteiger partial charge in [-0.15, -0.1) is 0 Å². The van der Waals surface area contributed by atoms with E-state index in [0.29, 0.717) is 0 Å². The van der Waals surface area contributed by atoms with Crippen molar-refractivity contribution in [1.29, 1.82) is 0 Å². The predicted octanol–water partition coefficient (Wildman–Crippen LogP) is 3.00. The van der Waals surface area contributed by atoms with Gasteiger partial charge in [-0.3, -0.25) is 0 Å². The first-order valence-corrected chi connectivity index (χ1v) is 6.44. The van der Waals surface area contributed by atoms with E-state index in [1.54, 1.807) is 6.07 Å². The molecule has 0 atom stereocenters. The van der Waals surface area contributed by atoms with E-state index in [9.17, 15) is 4.39 Å². The maximum absolute atomic E-state index is 12.9. The highest BCUT2D eigenvalue weighted by molar-refractivity contribution is 9.10. The fourth-order valence-corrected chi connectivity index (χ4v) is 2.46. The van der Waals surface area contributed by atoms with Gasteiger partial charge in [0.2, 0.25) is 0 Å². The molecule has 1 fully saturated rings. The van der Waals surface area contributed by atoms with Crippen molar-refractivity contribution in [3.63, 3.8) is 0 Å². The molecule has 1 aliphatic rings. The van der Waals surface area contributed by atoms with Crippen LogP contribution in [0.25, 0.3) is 0 Å². The summed E-state index contributed by atoms with van der Waals surface area (Å²) in [4.78, 5) is 0. The van der Waals surface area contributed by atoms with Crippen LogP contribution in [0.1, 0.15) is 12.8 Å². The smallest absolute Gasteiger partial charge is 0.124 e. The Morgan fingerprint density at radius 1 is 1.38 bits per heavy atom. The number of hydrogen-bond donors (Lipinski definition) is 2. The number of hydrogen-bond acceptors (Lipinski definition) is 2. The third-order valence-electron chi connectivity index (χ3n) is 2.97. The zero-order chi connectivity index (χ0) is 11.4. The van der Waals surface area contributed by atoms with E-state index in [1.807, 2.05) is 0 Å². The Kier molecular flexibility index (Phi) is 4.18. The van der Waals surface area contributed by atoms with Crippen LogP contribution >= 0.6 is 15.9 Å². The summed E-state index contributed by atoms with van der Waals surface area (Å²) in [6.07, 6.45) is 2.43. The van der Waals surface area contributed by atoms with E-state index in [0.717, 1.165) is 35.7 Å². The van der Waals surface area contributed by atoms with Crippen LogP contribution in [-0.4, -0.2) is 19.6 Å². The van der Waals surface area contributed by atoms with E-state index >= 15 is 0 Å². The Morgan fingerprint density at radius 3 is 2.81 bits per heavy atom. The van der Waals surface area contributed by atoms with Crippen molar-refractivity contribution in [3.05, 3.63) is 28.5 Å². The largest absolute Gasteiger partial charge is 0.384 e. The lowest BCUT2D eigenvalue weighted by atomic mass is 9.98. The van der Waals surface area contributed by atoms with Crippen molar-refractivity contribution in [2.75, 3.05) is 25.0 Å². The van der Waals surface area contributed by atoms with Gasteiger partial charge in [0, 0.05) is 16.7 Å². The van der Waals surface area contributed by atoms with Crippen LogP contribution < -0.4 is 10.6 Å². The number of rotatable bonds is 3. The Balaban J connectivity index is 1.88. The lowest BCUT2D eigenvalue weighted by molar-refractivity contribution is 0.390. The summed E-state index contributed by atoms with van der Waals surface area (Å²) in [5.74, 6) is 0.512. The number of piperidine rings is 1. The lowest BCUT2D eigenvalue weighted by Crippen LogP contribution is -2.31. The summed E-state index contributed by atoms with van der Waals surface area (Å²) in [5.41, 5.74) is 0.972. The van der Waals surface area contributed by atoms with Crippen molar-refractivity contribution in [3.8, 4) is 0 Å². The highest BCUT2D eigenvalue weighted by Crippen LogP contribution is 2.24. The fourth-order valence-electron chi connectivity index (χ4n) is 1.97. The lowest BCUT2D eigenvalue weighted by Gasteiger charge is -2.23. The molecule has 2 N–H and O–H groups in total. The Labute approximate surface area is 104 Å². The summed E-state index contributed by atoms with van der Waals surface area (Å²) in [5, 5.41) is 6.71. The number of halogens is 2. The highest BCUT2D eigenvalue weighted by Gasteiger charge is 2.12. The number of anilines is 1. The zero-order valence-corrected chi connectivity index (χ0v) is 10.7. The molecule has 0 aromatic heterocycles. The van der Waals surface area contributed by atoms with Gasteiger partial charge in [-0.05, 0) is 66.0 Å². The molecule has 0 spiro atoms. The Morgan fingerprint density at radius 2 is 2.12 bits per heavy atom. The molecule has 0 radical (unpaired) electrons. The van der Waals surface area contributed by atoms with Gasteiger partial charge in [0.25, 0.3) is 0 Å². The standard InChI is InChI=1S/C12H16BrFN2/c13-11-7-10(14)1-2-12(11)16-8-9-3-5-15-6-4-9/h1-2,7,9,15-16H,3-6,8H2. The quantitative estimate of drug-likeness (QED) is 0.893. The molecule has 0 aliphatic carbocycles. The van der Waals surface area contributed by atoms with Crippen LogP contribution in [0.2, 0.25) is 0 Å². The van der Waals surface area contributed by atoms with Crippen molar-refractivity contribution < 1.29 is 4.39 Å². The van der Waals surface area contributed by atoms with E-state index in [2.05, 4.69) is 26.6 Å². The second-order valence-electron chi connectivity index (χ2n) is 4.20. The van der Waals surface area contributed by atoms with E-state index in [1.165, 1.54) is 25.0 Å². The first kappa shape index (κ1) is 11.9. The molecule has 2 rings (SSSR count). The number of nitrogens with one attached hydrogen (secondary N) is 2. The SMILES string of the molecule is Fc1ccc(NCC2CCNCC2)c(Br)c1. The maximum Gasteiger partial charge on any atom is 0.124 e. The summed E-state index contributed by atoms with van der Waals surface area (Å²) in [7, 11) is 0. The van der Waals surface area contributed by atoms with E-state index < -0.39 is 0 Å². The third-order valence-corrected chi connectivity index (χ3v) is 3.63. The normalized spacial score (nSPS) is 17.4. The molecule has 0 saturated carbocycles. The van der Waals surface area contributed by atoms with Crippen LogP contribution in [0.15, 0.2) is 22.7 Å². The van der Waals surface area contributed by atoms with Crippen LogP contribution in [0.3, 0.4) is 0 Å². The summed E-state index contributed by atoms with van der Waals surface area (Å²) >= 11 is 3.36. The van der Waals surface area contributed by atoms with Gasteiger partial charge in [0.1, 0.15) is 5.82 Å². The van der Waals surface area contributed by atoms with Crippen LogP contribution in [0.5, 0.6) is 0 Å². The predicted molar refractivity (Wildman–Crippen MR) is 68.2 cm³/mol. The number of benzene rings is 1. The molecule has 2 nitrogen and oxygen atoms in total. The molecule has 1 saturated heterocycles. The minimum Gasteiger partial charge on any atom is -0.384 e. The van der Waals surface area contributed by atoms with E-state index in [4.69, 9.17) is 0 Å². The van der Waals surface area contributed by atoms with Crippen LogP contribution in [0.4, 0.5) is 10.1 Å². The van der Waals surface area contributed by atoms with Crippen molar-refractivity contribution in [2.24, 2.45) is 5.92 Å². The van der Waals surface area contributed by atoms with Gasteiger partial charge in [0.15, 0.2) is 0 Å². The Bertz CT molecular complexity index is 351. The molecular weight excluding hydrogens is 271 g/mol. The van der Waals surface area contributed by atoms with Gasteiger partial charge in [-0.2, -0.15) is 0 Å². The topological polar surface area (TPSA) is 24.1 Å². The van der Waals surface area contributed by atoms with Crippen LogP contribution in [-0.2, 0) is 0 Å². The molecule has 1 aromatic rings. The molecule has 88 valence electrons. The zero-order valence-electron chi connectivity index (χ0n) is 9.10. The van der Waals surface area contributed by atoms with Crippen molar-refractivity contribution in [1.82, 2.24) is 5.32 Å². The average molecular weight is 287 g/mol. The molecule has 0 bridgehead atoms. The molecule has 0 unspecified atom stereocenters. The van der Waals surface area contributed by atoms with Crippen molar-refractivity contribution in [2.45, 2.75) is 12.8 Å². The van der Waals surface area contributed by atoms with Gasteiger partial charge in [-0.1, -0.05) is 0 Å². The fraction of sp³-hybridized carbons (Fsp3) is 0.500. The molecule has 16 heavy (non-hydrogen) atoms. The average Bonchev–Trinajstić information content (AvgIpc) is 2.29.